The first-order chi connectivity index (χ1) is 4.43. The van der Waals surface area contributed by atoms with Crippen LogP contribution < -0.4 is 5.32 Å². The van der Waals surface area contributed by atoms with Gasteiger partial charge < -0.3 is 5.32 Å². The molecule has 1 N–H and O–H groups in total. The lowest BCUT2D eigenvalue weighted by Crippen LogP contribution is -2.20. The van der Waals surface area contributed by atoms with Crippen LogP contribution in [0.25, 0.3) is 0 Å². The Morgan fingerprint density at radius 2 is 2.56 bits per heavy atom. The van der Waals surface area contributed by atoms with Crippen LogP contribution in [-0.2, 0) is 0 Å². The first kappa shape index (κ1) is 6.81. The molecule has 0 saturated carbocycles. The lowest BCUT2D eigenvalue weighted by Gasteiger charge is -2.05. The summed E-state index contributed by atoms with van der Waals surface area (Å²) in [5.74, 6) is 0. The van der Waals surface area contributed by atoms with Gasteiger partial charge in [0.1, 0.15) is 0 Å². The zero-order valence-electron chi connectivity index (χ0n) is 5.90. The van der Waals surface area contributed by atoms with Gasteiger partial charge in [0.25, 0.3) is 0 Å². The van der Waals surface area contributed by atoms with Crippen molar-refractivity contribution in [3.05, 3.63) is 12.7 Å². The van der Waals surface area contributed by atoms with Crippen LogP contribution >= 0.6 is 0 Å². The van der Waals surface area contributed by atoms with Gasteiger partial charge in [-0.15, -0.1) is 6.58 Å². The van der Waals surface area contributed by atoms with Crippen molar-refractivity contribution in [3.63, 3.8) is 0 Å². The van der Waals surface area contributed by atoms with Crippen molar-refractivity contribution >= 4 is 0 Å². The average Bonchev–Trinajstić information content (AvgIpc) is 2.34. The van der Waals surface area contributed by atoms with Crippen molar-refractivity contribution in [1.82, 2.24) is 5.32 Å². The molecule has 1 heterocycles. The van der Waals surface area contributed by atoms with Gasteiger partial charge in [0.2, 0.25) is 0 Å². The van der Waals surface area contributed by atoms with Gasteiger partial charge in [-0.2, -0.15) is 0 Å². The standard InChI is InChI=1S/C8H15N/c1-2-3-5-8-6-4-7-9-8/h2,8-9H,1,3-7H2/t8-/m0/s1. The van der Waals surface area contributed by atoms with E-state index in [1.807, 2.05) is 6.08 Å². The highest BCUT2D eigenvalue weighted by Gasteiger charge is 2.11. The van der Waals surface area contributed by atoms with E-state index in [4.69, 9.17) is 0 Å². The normalized spacial score (nSPS) is 26.4. The van der Waals surface area contributed by atoms with E-state index in [1.54, 1.807) is 0 Å². The smallest absolute Gasteiger partial charge is 0.00704 e. The van der Waals surface area contributed by atoms with E-state index in [-0.39, 0.29) is 0 Å². The number of rotatable bonds is 3. The van der Waals surface area contributed by atoms with Crippen LogP contribution in [0.1, 0.15) is 25.7 Å². The lowest BCUT2D eigenvalue weighted by molar-refractivity contribution is 0.565. The molecule has 0 spiro atoms. The van der Waals surface area contributed by atoms with Crippen molar-refractivity contribution in [3.8, 4) is 0 Å². The predicted octanol–water partition coefficient (Wildman–Crippen LogP) is 1.70. The Hall–Kier alpha value is -0.300. The van der Waals surface area contributed by atoms with E-state index < -0.39 is 0 Å². The van der Waals surface area contributed by atoms with Gasteiger partial charge in [0.15, 0.2) is 0 Å². The fourth-order valence-corrected chi connectivity index (χ4v) is 1.32. The van der Waals surface area contributed by atoms with E-state index in [2.05, 4.69) is 11.9 Å². The van der Waals surface area contributed by atoms with Crippen molar-refractivity contribution < 1.29 is 0 Å². The monoisotopic (exact) mass is 125 g/mol. The molecule has 1 rings (SSSR count). The van der Waals surface area contributed by atoms with Crippen molar-refractivity contribution in [1.29, 1.82) is 0 Å². The molecule has 1 atom stereocenters. The fourth-order valence-electron chi connectivity index (χ4n) is 1.32. The highest BCUT2D eigenvalue weighted by Crippen LogP contribution is 2.10. The number of hydrogen-bond acceptors (Lipinski definition) is 1. The summed E-state index contributed by atoms with van der Waals surface area (Å²) in [7, 11) is 0. The number of allylic oxidation sites excluding steroid dienone is 1. The van der Waals surface area contributed by atoms with Crippen molar-refractivity contribution in [2.75, 3.05) is 6.54 Å². The zero-order valence-corrected chi connectivity index (χ0v) is 5.90. The molecule has 0 amide bonds. The molecular formula is C8H15N. The molecule has 0 radical (unpaired) electrons. The topological polar surface area (TPSA) is 12.0 Å². The van der Waals surface area contributed by atoms with Crippen LogP contribution in [0.2, 0.25) is 0 Å². The van der Waals surface area contributed by atoms with Gasteiger partial charge in [-0.05, 0) is 32.2 Å². The molecule has 0 bridgehead atoms. The molecule has 1 fully saturated rings. The molecular weight excluding hydrogens is 110 g/mol. The van der Waals surface area contributed by atoms with Gasteiger partial charge >= 0.3 is 0 Å². The van der Waals surface area contributed by atoms with Gasteiger partial charge in [-0.25, -0.2) is 0 Å². The fraction of sp³-hybridized carbons (Fsp3) is 0.750. The van der Waals surface area contributed by atoms with E-state index in [1.165, 1.54) is 25.8 Å². The second kappa shape index (κ2) is 3.67. The molecule has 1 heteroatoms. The molecule has 0 aliphatic carbocycles. The molecule has 0 aromatic heterocycles. The minimum Gasteiger partial charge on any atom is -0.314 e. The van der Waals surface area contributed by atoms with Gasteiger partial charge in [-0.1, -0.05) is 6.08 Å². The Balaban J connectivity index is 2.04. The van der Waals surface area contributed by atoms with Gasteiger partial charge in [0, 0.05) is 6.04 Å². The molecule has 0 aromatic carbocycles. The van der Waals surface area contributed by atoms with E-state index in [0.29, 0.717) is 0 Å². The molecule has 9 heavy (non-hydrogen) atoms. The maximum atomic E-state index is 3.69. The second-order valence-corrected chi connectivity index (χ2v) is 2.66. The third-order valence-electron chi connectivity index (χ3n) is 1.88. The third-order valence-corrected chi connectivity index (χ3v) is 1.88. The molecule has 1 nitrogen and oxygen atoms in total. The Labute approximate surface area is 57.1 Å². The summed E-state index contributed by atoms with van der Waals surface area (Å²) < 4.78 is 0. The highest BCUT2D eigenvalue weighted by molar-refractivity contribution is 4.77. The SMILES string of the molecule is C=CCC[C@H]1CCCN1. The minimum atomic E-state index is 0.794. The van der Waals surface area contributed by atoms with Crippen LogP contribution in [0.5, 0.6) is 0 Å². The van der Waals surface area contributed by atoms with Crippen LogP contribution in [0.15, 0.2) is 12.7 Å². The predicted molar refractivity (Wildman–Crippen MR) is 40.5 cm³/mol. The third kappa shape index (κ3) is 2.19. The largest absolute Gasteiger partial charge is 0.314 e. The maximum absolute atomic E-state index is 3.69. The second-order valence-electron chi connectivity index (χ2n) is 2.66. The van der Waals surface area contributed by atoms with E-state index >= 15 is 0 Å². The summed E-state index contributed by atoms with van der Waals surface area (Å²) in [5, 5.41) is 3.44. The summed E-state index contributed by atoms with van der Waals surface area (Å²) in [6.45, 7) is 4.92. The van der Waals surface area contributed by atoms with Crippen LogP contribution in [0, 0.1) is 0 Å². The van der Waals surface area contributed by atoms with Crippen LogP contribution in [-0.4, -0.2) is 12.6 Å². The van der Waals surface area contributed by atoms with Crippen LogP contribution in [0.4, 0.5) is 0 Å². The first-order valence-corrected chi connectivity index (χ1v) is 3.78. The van der Waals surface area contributed by atoms with E-state index in [0.717, 1.165) is 12.5 Å². The van der Waals surface area contributed by atoms with Crippen molar-refractivity contribution in [2.24, 2.45) is 0 Å². The molecule has 52 valence electrons. The Kier molecular flexibility index (Phi) is 2.78. The number of hydrogen-bond donors (Lipinski definition) is 1. The van der Waals surface area contributed by atoms with E-state index in [9.17, 15) is 0 Å². The minimum absolute atomic E-state index is 0.794. The molecule has 1 aliphatic heterocycles. The maximum Gasteiger partial charge on any atom is 0.00704 e. The Morgan fingerprint density at radius 1 is 1.67 bits per heavy atom. The van der Waals surface area contributed by atoms with Gasteiger partial charge in [0.05, 0.1) is 0 Å². The summed E-state index contributed by atoms with van der Waals surface area (Å²) >= 11 is 0. The molecule has 0 unspecified atom stereocenters. The Bertz CT molecular complexity index is 82.6. The first-order valence-electron chi connectivity index (χ1n) is 3.78. The highest BCUT2D eigenvalue weighted by atomic mass is 14.9. The molecule has 0 aromatic rings. The lowest BCUT2D eigenvalue weighted by atomic mass is 10.1. The summed E-state index contributed by atoms with van der Waals surface area (Å²) in [6.07, 6.45) is 7.18. The van der Waals surface area contributed by atoms with Gasteiger partial charge in [-0.3, -0.25) is 0 Å². The molecule has 1 aliphatic rings. The Morgan fingerprint density at radius 3 is 3.11 bits per heavy atom. The molecule has 1 saturated heterocycles. The average molecular weight is 125 g/mol. The summed E-state index contributed by atoms with van der Waals surface area (Å²) in [6, 6.07) is 0.794. The zero-order chi connectivity index (χ0) is 6.53. The quantitative estimate of drug-likeness (QED) is 0.566. The van der Waals surface area contributed by atoms with Crippen molar-refractivity contribution in [2.45, 2.75) is 31.7 Å². The number of nitrogens with one attached hydrogen (secondary N) is 1. The summed E-state index contributed by atoms with van der Waals surface area (Å²) in [5.41, 5.74) is 0. The summed E-state index contributed by atoms with van der Waals surface area (Å²) in [4.78, 5) is 0. The van der Waals surface area contributed by atoms with Crippen LogP contribution in [0.3, 0.4) is 0 Å².